The highest BCUT2D eigenvalue weighted by Crippen LogP contribution is 2.34. The van der Waals surface area contributed by atoms with Crippen LogP contribution in [0.3, 0.4) is 0 Å². The number of benzene rings is 2. The Morgan fingerprint density at radius 2 is 1.86 bits per heavy atom. The molecule has 0 atom stereocenters. The lowest BCUT2D eigenvalue weighted by atomic mass is 9.95. The van der Waals surface area contributed by atoms with Gasteiger partial charge in [-0.3, -0.25) is 9.59 Å². The summed E-state index contributed by atoms with van der Waals surface area (Å²) < 4.78 is 23.8. The van der Waals surface area contributed by atoms with E-state index in [0.717, 1.165) is 0 Å². The van der Waals surface area contributed by atoms with Crippen LogP contribution in [-0.2, 0) is 9.59 Å². The van der Waals surface area contributed by atoms with Gasteiger partial charge in [0, 0.05) is 36.8 Å². The van der Waals surface area contributed by atoms with Crippen molar-refractivity contribution in [1.82, 2.24) is 4.90 Å². The number of halogens is 1. The average molecular weight is 396 g/mol. The minimum atomic E-state index is -0.339. The molecule has 6 nitrogen and oxygen atoms in total. The molecule has 150 valence electrons. The van der Waals surface area contributed by atoms with Gasteiger partial charge in [-0.25, -0.2) is 4.39 Å². The summed E-state index contributed by atoms with van der Waals surface area (Å²) in [5, 5.41) is 2.91. The summed E-state index contributed by atoms with van der Waals surface area (Å²) >= 11 is 0. The van der Waals surface area contributed by atoms with E-state index in [9.17, 15) is 14.0 Å². The van der Waals surface area contributed by atoms with Gasteiger partial charge in [-0.1, -0.05) is 12.1 Å². The fraction of sp³-hybridized carbons (Fsp3) is 0.273. The molecule has 1 N–H and O–H groups in total. The van der Waals surface area contributed by atoms with Crippen LogP contribution in [0.2, 0.25) is 0 Å². The normalized spacial score (nSPS) is 16.2. The number of hydrogen-bond acceptors (Lipinski definition) is 4. The van der Waals surface area contributed by atoms with E-state index in [1.807, 2.05) is 0 Å². The molecule has 1 saturated heterocycles. The first-order chi connectivity index (χ1) is 14.1. The molecular formula is C22H21FN2O4. The van der Waals surface area contributed by atoms with Crippen molar-refractivity contribution in [3.05, 3.63) is 59.9 Å². The van der Waals surface area contributed by atoms with Crippen LogP contribution in [-0.4, -0.2) is 36.6 Å². The van der Waals surface area contributed by atoms with Gasteiger partial charge in [0.25, 0.3) is 0 Å². The van der Waals surface area contributed by atoms with E-state index < -0.39 is 0 Å². The first-order valence-corrected chi connectivity index (χ1v) is 9.51. The summed E-state index contributed by atoms with van der Waals surface area (Å²) in [6.07, 6.45) is 4.23. The zero-order valence-electron chi connectivity index (χ0n) is 15.8. The second-order valence-electron chi connectivity index (χ2n) is 7.05. The number of carbonyl (C=O) groups excluding carboxylic acids is 2. The smallest absolute Gasteiger partial charge is 0.246 e. The Kier molecular flexibility index (Phi) is 5.46. The maximum Gasteiger partial charge on any atom is 0.246 e. The number of fused-ring (bicyclic) bond motifs is 1. The van der Waals surface area contributed by atoms with Crippen LogP contribution in [0.5, 0.6) is 11.5 Å². The topological polar surface area (TPSA) is 67.9 Å². The molecule has 2 amide bonds. The van der Waals surface area contributed by atoms with Gasteiger partial charge in [-0.2, -0.15) is 0 Å². The van der Waals surface area contributed by atoms with Crippen molar-refractivity contribution in [2.75, 3.05) is 25.2 Å². The first-order valence-electron chi connectivity index (χ1n) is 9.51. The zero-order valence-corrected chi connectivity index (χ0v) is 15.8. The number of carbonyl (C=O) groups is 2. The van der Waals surface area contributed by atoms with Gasteiger partial charge < -0.3 is 19.7 Å². The number of hydrogen-bond donors (Lipinski definition) is 1. The molecule has 0 aromatic heterocycles. The molecule has 0 radical (unpaired) electrons. The molecule has 2 aliphatic heterocycles. The van der Waals surface area contributed by atoms with Crippen LogP contribution >= 0.6 is 0 Å². The van der Waals surface area contributed by atoms with E-state index in [0.29, 0.717) is 48.7 Å². The number of anilines is 1. The van der Waals surface area contributed by atoms with E-state index in [2.05, 4.69) is 5.32 Å². The standard InChI is InChI=1S/C22H21FN2O4/c23-17-3-1-2-15(12-17)4-7-21(26)25-10-8-16(9-11-25)22(27)24-18-5-6-19-20(13-18)29-14-28-19/h1-7,12-13,16H,8-11,14H2,(H,24,27). The van der Waals surface area contributed by atoms with Gasteiger partial charge in [0.15, 0.2) is 11.5 Å². The highest BCUT2D eigenvalue weighted by molar-refractivity contribution is 5.94. The summed E-state index contributed by atoms with van der Waals surface area (Å²) in [5.41, 5.74) is 1.30. The van der Waals surface area contributed by atoms with Crippen molar-refractivity contribution in [3.8, 4) is 11.5 Å². The van der Waals surface area contributed by atoms with Crippen LogP contribution < -0.4 is 14.8 Å². The SMILES string of the molecule is O=C(Nc1ccc2c(c1)OCO2)C1CCN(C(=O)C=Cc2cccc(F)c2)CC1. The van der Waals surface area contributed by atoms with Gasteiger partial charge in [0.1, 0.15) is 5.82 Å². The van der Waals surface area contributed by atoms with Gasteiger partial charge in [-0.05, 0) is 48.7 Å². The summed E-state index contributed by atoms with van der Waals surface area (Å²) in [4.78, 5) is 26.6. The Bertz CT molecular complexity index is 952. The van der Waals surface area contributed by atoms with Crippen molar-refractivity contribution in [1.29, 1.82) is 0 Å². The van der Waals surface area contributed by atoms with Crippen LogP contribution in [0.4, 0.5) is 10.1 Å². The molecule has 0 saturated carbocycles. The second kappa shape index (κ2) is 8.34. The zero-order chi connectivity index (χ0) is 20.2. The van der Waals surface area contributed by atoms with Gasteiger partial charge >= 0.3 is 0 Å². The van der Waals surface area contributed by atoms with Crippen molar-refractivity contribution in [2.24, 2.45) is 5.92 Å². The van der Waals surface area contributed by atoms with E-state index in [1.54, 1.807) is 41.3 Å². The number of amides is 2. The summed E-state index contributed by atoms with van der Waals surface area (Å²) in [7, 11) is 0. The lowest BCUT2D eigenvalue weighted by molar-refractivity contribution is -0.130. The predicted molar refractivity (Wildman–Crippen MR) is 106 cm³/mol. The molecule has 0 unspecified atom stereocenters. The number of likely N-dealkylation sites (tertiary alicyclic amines) is 1. The lowest BCUT2D eigenvalue weighted by Gasteiger charge is -2.30. The molecule has 29 heavy (non-hydrogen) atoms. The van der Waals surface area contributed by atoms with E-state index in [-0.39, 0.29) is 30.3 Å². The number of nitrogens with zero attached hydrogens (tertiary/aromatic N) is 1. The Labute approximate surface area is 167 Å². The molecule has 2 aromatic carbocycles. The highest BCUT2D eigenvalue weighted by Gasteiger charge is 2.27. The van der Waals surface area contributed by atoms with Crippen LogP contribution in [0.15, 0.2) is 48.5 Å². The maximum atomic E-state index is 13.2. The van der Waals surface area contributed by atoms with E-state index in [4.69, 9.17) is 9.47 Å². The van der Waals surface area contributed by atoms with Crippen LogP contribution in [0, 0.1) is 11.7 Å². The first kappa shape index (κ1) is 19.0. The molecule has 2 aliphatic rings. The Morgan fingerprint density at radius 3 is 2.66 bits per heavy atom. The van der Waals surface area contributed by atoms with Crippen molar-refractivity contribution in [2.45, 2.75) is 12.8 Å². The number of ether oxygens (including phenoxy) is 2. The number of piperidine rings is 1. The third kappa shape index (κ3) is 4.56. The summed E-state index contributed by atoms with van der Waals surface area (Å²) in [5.74, 6) is 0.593. The minimum absolute atomic E-state index is 0.0636. The van der Waals surface area contributed by atoms with Gasteiger partial charge in [-0.15, -0.1) is 0 Å². The van der Waals surface area contributed by atoms with Crippen molar-refractivity contribution in [3.63, 3.8) is 0 Å². The molecule has 0 aliphatic carbocycles. The molecule has 0 bridgehead atoms. The quantitative estimate of drug-likeness (QED) is 0.804. The molecule has 2 heterocycles. The summed E-state index contributed by atoms with van der Waals surface area (Å²) in [6.45, 7) is 1.20. The fourth-order valence-electron chi connectivity index (χ4n) is 3.46. The van der Waals surface area contributed by atoms with Crippen molar-refractivity contribution < 1.29 is 23.5 Å². The fourth-order valence-corrected chi connectivity index (χ4v) is 3.46. The highest BCUT2D eigenvalue weighted by atomic mass is 19.1. The molecular weight excluding hydrogens is 375 g/mol. The number of rotatable bonds is 4. The van der Waals surface area contributed by atoms with Crippen LogP contribution in [0.25, 0.3) is 6.08 Å². The number of nitrogens with one attached hydrogen (secondary N) is 1. The molecule has 1 fully saturated rings. The maximum absolute atomic E-state index is 13.2. The molecule has 0 spiro atoms. The van der Waals surface area contributed by atoms with Gasteiger partial charge in [0.05, 0.1) is 0 Å². The Morgan fingerprint density at radius 1 is 1.07 bits per heavy atom. The van der Waals surface area contributed by atoms with Gasteiger partial charge in [0.2, 0.25) is 18.6 Å². The van der Waals surface area contributed by atoms with E-state index >= 15 is 0 Å². The summed E-state index contributed by atoms with van der Waals surface area (Å²) in [6, 6.07) is 11.4. The Balaban J connectivity index is 1.28. The van der Waals surface area contributed by atoms with E-state index in [1.165, 1.54) is 18.2 Å². The third-order valence-electron chi connectivity index (χ3n) is 5.08. The minimum Gasteiger partial charge on any atom is -0.454 e. The monoisotopic (exact) mass is 396 g/mol. The lowest BCUT2D eigenvalue weighted by Crippen LogP contribution is -2.40. The molecule has 7 heteroatoms. The van der Waals surface area contributed by atoms with Crippen LogP contribution in [0.1, 0.15) is 18.4 Å². The third-order valence-corrected chi connectivity index (χ3v) is 5.08. The molecule has 4 rings (SSSR count). The molecule has 2 aromatic rings. The second-order valence-corrected chi connectivity index (χ2v) is 7.05. The van der Waals surface area contributed by atoms with Crippen molar-refractivity contribution >= 4 is 23.6 Å². The predicted octanol–water partition coefficient (Wildman–Crippen LogP) is 3.44. The average Bonchev–Trinajstić information content (AvgIpc) is 3.20. The largest absolute Gasteiger partial charge is 0.454 e. The Hall–Kier alpha value is -3.35.